The number of hydrazone groups is 1. The summed E-state index contributed by atoms with van der Waals surface area (Å²) in [4.78, 5) is 53.4. The molecule has 0 saturated carbocycles. The number of likely N-dealkylation sites (tertiary alicyclic amines) is 1. The highest BCUT2D eigenvalue weighted by Gasteiger charge is 2.54. The van der Waals surface area contributed by atoms with Crippen molar-refractivity contribution in [3.8, 4) is 5.75 Å². The molecule has 11 nitrogen and oxygen atoms in total. The van der Waals surface area contributed by atoms with Crippen LogP contribution in [0.3, 0.4) is 0 Å². The van der Waals surface area contributed by atoms with Crippen LogP contribution in [0.1, 0.15) is 43.4 Å². The second-order valence-corrected chi connectivity index (χ2v) is 12.0. The summed E-state index contributed by atoms with van der Waals surface area (Å²) in [6, 6.07) is 8.25. The number of ether oxygens (including phenoxy) is 2. The lowest BCUT2D eigenvalue weighted by Gasteiger charge is -2.41. The number of amides is 4. The number of nitrogens with one attached hydrogen (secondary N) is 1. The van der Waals surface area contributed by atoms with E-state index in [4.69, 9.17) is 15.2 Å². The van der Waals surface area contributed by atoms with E-state index in [1.807, 2.05) is 12.1 Å². The Kier molecular flexibility index (Phi) is 10.0. The van der Waals surface area contributed by atoms with Gasteiger partial charge in [-0.25, -0.2) is 9.80 Å². The molecule has 2 atom stereocenters. The lowest BCUT2D eigenvalue weighted by molar-refractivity contribution is -0.145. The fourth-order valence-electron chi connectivity index (χ4n) is 5.63. The normalized spacial score (nSPS) is 18.9. The van der Waals surface area contributed by atoms with E-state index in [-0.39, 0.29) is 37.9 Å². The van der Waals surface area contributed by atoms with Crippen LogP contribution in [0, 0.1) is 5.41 Å². The molecule has 1 fully saturated rings. The summed E-state index contributed by atoms with van der Waals surface area (Å²) in [6.45, 7) is 1.70. The molecule has 0 aromatic heterocycles. The lowest BCUT2D eigenvalue weighted by atomic mass is 9.73. The molecule has 0 bridgehead atoms. The summed E-state index contributed by atoms with van der Waals surface area (Å²) in [5, 5.41) is 8.02. The van der Waals surface area contributed by atoms with Gasteiger partial charge in [-0.2, -0.15) is 31.4 Å². The van der Waals surface area contributed by atoms with Gasteiger partial charge < -0.3 is 25.4 Å². The molecule has 48 heavy (non-hydrogen) atoms. The smallest absolute Gasteiger partial charge is 0.416 e. The fourth-order valence-corrected chi connectivity index (χ4v) is 5.63. The number of halogens is 6. The average Bonchev–Trinajstić information content (AvgIpc) is 3.23. The molecule has 3 N–H and O–H groups in total. The van der Waals surface area contributed by atoms with Crippen LogP contribution in [0.2, 0.25) is 0 Å². The number of carbonyl (C=O) groups excluding carboxylic acids is 4. The molecule has 4 rings (SSSR count). The van der Waals surface area contributed by atoms with Gasteiger partial charge in [-0.15, -0.1) is 0 Å². The van der Waals surface area contributed by atoms with Crippen molar-refractivity contribution in [2.45, 2.75) is 57.1 Å². The number of nitrogens with two attached hydrogens (primary N) is 1. The molecular weight excluding hydrogens is 652 g/mol. The van der Waals surface area contributed by atoms with Gasteiger partial charge in [0.25, 0.3) is 11.8 Å². The van der Waals surface area contributed by atoms with E-state index in [9.17, 15) is 45.5 Å². The molecule has 4 amide bonds. The van der Waals surface area contributed by atoms with Gasteiger partial charge >= 0.3 is 18.4 Å². The minimum Gasteiger partial charge on any atom is -0.493 e. The van der Waals surface area contributed by atoms with E-state index in [2.05, 4.69) is 10.4 Å². The predicted octanol–water partition coefficient (Wildman–Crippen LogP) is 4.14. The maximum absolute atomic E-state index is 14.0. The van der Waals surface area contributed by atoms with Crippen molar-refractivity contribution in [2.24, 2.45) is 16.3 Å². The molecule has 0 radical (unpaired) electrons. The number of benzene rings is 2. The van der Waals surface area contributed by atoms with E-state index < -0.39 is 77.2 Å². The molecule has 0 spiro atoms. The van der Waals surface area contributed by atoms with E-state index in [1.165, 1.54) is 30.8 Å². The zero-order valence-corrected chi connectivity index (χ0v) is 26.1. The highest BCUT2D eigenvalue weighted by Crippen LogP contribution is 2.40. The first kappa shape index (κ1) is 36.0. The summed E-state index contributed by atoms with van der Waals surface area (Å²) < 4.78 is 90.3. The van der Waals surface area contributed by atoms with Gasteiger partial charge in [0.1, 0.15) is 17.2 Å². The number of rotatable bonds is 10. The molecule has 17 heteroatoms. The van der Waals surface area contributed by atoms with E-state index in [0.717, 1.165) is 5.56 Å². The van der Waals surface area contributed by atoms with Gasteiger partial charge in [-0.3, -0.25) is 14.4 Å². The summed E-state index contributed by atoms with van der Waals surface area (Å²) in [5.41, 5.74) is 0.119. The molecule has 260 valence electrons. The third-order valence-corrected chi connectivity index (χ3v) is 8.01. The van der Waals surface area contributed by atoms with Gasteiger partial charge in [0, 0.05) is 33.0 Å². The van der Waals surface area contributed by atoms with Crippen LogP contribution in [-0.2, 0) is 37.9 Å². The van der Waals surface area contributed by atoms with Crippen LogP contribution < -0.4 is 15.8 Å². The first-order valence-corrected chi connectivity index (χ1v) is 14.6. The standard InChI is InChI=1S/C31H33F6N5O6/c1-28(2,48-27(38)46)25(44)39-22(10-12-47-21-14-19(30(32,33)34)13-20(15-21)31(35,36)37)24(43)42-11-9-23-29(17-42,26(45)41(3)40-23)16-18-7-5-4-6-8-18/h4-8,13-15,22H,9-12,16-17H2,1-3H3,(H2,38,46)(H,39,44)/t22-,29-/m1/s1. The number of nitrogens with zero attached hydrogens (tertiary/aromatic N) is 3. The largest absolute Gasteiger partial charge is 0.493 e. The predicted molar refractivity (Wildman–Crippen MR) is 157 cm³/mol. The Morgan fingerprint density at radius 2 is 1.62 bits per heavy atom. The van der Waals surface area contributed by atoms with Crippen molar-refractivity contribution in [2.75, 3.05) is 26.7 Å². The Morgan fingerprint density at radius 1 is 1.02 bits per heavy atom. The van der Waals surface area contributed by atoms with E-state index >= 15 is 0 Å². The molecule has 0 unspecified atom stereocenters. The Bertz CT molecular complexity index is 1560. The van der Waals surface area contributed by atoms with Crippen molar-refractivity contribution in [3.05, 3.63) is 65.2 Å². The lowest BCUT2D eigenvalue weighted by Crippen LogP contribution is -2.60. The Hall–Kier alpha value is -4.83. The third-order valence-electron chi connectivity index (χ3n) is 8.01. The number of primary amides is 1. The molecule has 0 aliphatic carbocycles. The van der Waals surface area contributed by atoms with Gasteiger partial charge in [0.15, 0.2) is 5.60 Å². The summed E-state index contributed by atoms with van der Waals surface area (Å²) in [7, 11) is 1.49. The SMILES string of the molecule is CN1N=C2CCN(C(=O)[C@@H](CCOc3cc(C(F)(F)F)cc(C(F)(F)F)c3)NC(=O)C(C)(C)OC(N)=O)C[C@@]2(Cc2ccccc2)C1=O. The zero-order valence-electron chi connectivity index (χ0n) is 26.1. The van der Waals surface area contributed by atoms with Gasteiger partial charge in [-0.1, -0.05) is 30.3 Å². The topological polar surface area (TPSA) is 144 Å². The first-order valence-electron chi connectivity index (χ1n) is 14.6. The highest BCUT2D eigenvalue weighted by atomic mass is 19.4. The van der Waals surface area contributed by atoms with Crippen LogP contribution in [0.15, 0.2) is 53.6 Å². The Morgan fingerprint density at radius 3 is 2.19 bits per heavy atom. The molecule has 2 aromatic rings. The molecule has 1 saturated heterocycles. The molecule has 2 aliphatic rings. The van der Waals surface area contributed by atoms with Crippen LogP contribution in [0.5, 0.6) is 5.75 Å². The molecule has 2 heterocycles. The van der Waals surface area contributed by atoms with E-state index in [0.29, 0.717) is 17.8 Å². The van der Waals surface area contributed by atoms with Crippen molar-refractivity contribution in [1.82, 2.24) is 15.2 Å². The van der Waals surface area contributed by atoms with Crippen molar-refractivity contribution in [3.63, 3.8) is 0 Å². The number of hydrogen-bond acceptors (Lipinski definition) is 7. The van der Waals surface area contributed by atoms with E-state index in [1.54, 1.807) is 18.2 Å². The minimum absolute atomic E-state index is 0.0544. The minimum atomic E-state index is -5.12. The summed E-state index contributed by atoms with van der Waals surface area (Å²) >= 11 is 0. The van der Waals surface area contributed by atoms with Crippen LogP contribution >= 0.6 is 0 Å². The quantitative estimate of drug-likeness (QED) is 0.360. The first-order chi connectivity index (χ1) is 22.2. The number of alkyl halides is 6. The third kappa shape index (κ3) is 7.99. The molecule has 2 aliphatic heterocycles. The maximum atomic E-state index is 14.0. The van der Waals surface area contributed by atoms with Gasteiger partial charge in [-0.05, 0) is 44.0 Å². The Labute approximate surface area is 271 Å². The number of piperidine rings is 1. The van der Waals surface area contributed by atoms with Crippen LogP contribution in [-0.4, -0.2) is 77.8 Å². The summed E-state index contributed by atoms with van der Waals surface area (Å²) in [6.07, 6.45) is -11.6. The van der Waals surface area contributed by atoms with Crippen LogP contribution in [0.25, 0.3) is 0 Å². The van der Waals surface area contributed by atoms with Gasteiger partial charge in [0.2, 0.25) is 5.91 Å². The van der Waals surface area contributed by atoms with Crippen LogP contribution in [0.4, 0.5) is 31.1 Å². The monoisotopic (exact) mass is 685 g/mol. The van der Waals surface area contributed by atoms with Crippen molar-refractivity contribution < 1.29 is 55.0 Å². The summed E-state index contributed by atoms with van der Waals surface area (Å²) in [5.74, 6) is -2.83. The molecule has 2 aromatic carbocycles. The second kappa shape index (κ2) is 13.4. The fraction of sp³-hybridized carbons (Fsp3) is 0.452. The van der Waals surface area contributed by atoms with Crippen molar-refractivity contribution >= 4 is 29.5 Å². The Balaban J connectivity index is 1.61. The number of fused-ring (bicyclic) bond motifs is 1. The van der Waals surface area contributed by atoms with Crippen molar-refractivity contribution in [1.29, 1.82) is 0 Å². The zero-order chi connectivity index (χ0) is 35.7. The maximum Gasteiger partial charge on any atom is 0.416 e. The number of hydrogen-bond donors (Lipinski definition) is 2. The average molecular weight is 686 g/mol. The number of carbonyl (C=O) groups is 4. The second-order valence-electron chi connectivity index (χ2n) is 12.0. The molecular formula is C31H33F6N5O6. The highest BCUT2D eigenvalue weighted by molar-refractivity contribution is 6.13. The van der Waals surface area contributed by atoms with Gasteiger partial charge in [0.05, 0.1) is 23.4 Å².